The lowest BCUT2D eigenvalue weighted by Gasteiger charge is -2.15. The first-order chi connectivity index (χ1) is 7.22. The van der Waals surface area contributed by atoms with Gasteiger partial charge in [-0.2, -0.15) is 0 Å². The molecular formula is C14H17N. The molecule has 0 aliphatic carbocycles. The van der Waals surface area contributed by atoms with Crippen LogP contribution in [-0.2, 0) is 6.42 Å². The van der Waals surface area contributed by atoms with E-state index < -0.39 is 0 Å². The quantitative estimate of drug-likeness (QED) is 0.716. The molecule has 0 N–H and O–H groups in total. The fourth-order valence-corrected chi connectivity index (χ4v) is 1.91. The molecule has 15 heavy (non-hydrogen) atoms. The smallest absolute Gasteiger partial charge is 0.0440 e. The number of rotatable bonds is 2. The molecule has 0 atom stereocenters. The van der Waals surface area contributed by atoms with Crippen molar-refractivity contribution in [2.45, 2.75) is 13.3 Å². The van der Waals surface area contributed by atoms with Crippen LogP contribution >= 0.6 is 0 Å². The Kier molecular flexibility index (Phi) is 2.63. The molecule has 0 spiro atoms. The third-order valence-electron chi connectivity index (χ3n) is 2.81. The third kappa shape index (κ3) is 1.82. The molecule has 0 bridgehead atoms. The largest absolute Gasteiger partial charge is 0.377 e. The van der Waals surface area contributed by atoms with Gasteiger partial charge < -0.3 is 4.90 Å². The second-order valence-corrected chi connectivity index (χ2v) is 4.08. The maximum absolute atomic E-state index is 2.30. The molecule has 0 aliphatic heterocycles. The van der Waals surface area contributed by atoms with Crippen LogP contribution in [0.15, 0.2) is 36.4 Å². The van der Waals surface area contributed by atoms with Crippen LogP contribution in [0, 0.1) is 0 Å². The van der Waals surface area contributed by atoms with Gasteiger partial charge in [-0.3, -0.25) is 0 Å². The van der Waals surface area contributed by atoms with Gasteiger partial charge >= 0.3 is 0 Å². The highest BCUT2D eigenvalue weighted by Gasteiger charge is 2.02. The maximum Gasteiger partial charge on any atom is 0.0440 e. The molecule has 0 saturated carbocycles. The summed E-state index contributed by atoms with van der Waals surface area (Å²) in [6, 6.07) is 13.2. The summed E-state index contributed by atoms with van der Waals surface area (Å²) in [5, 5.41) is 2.67. The monoisotopic (exact) mass is 199 g/mol. The predicted molar refractivity (Wildman–Crippen MR) is 67.7 cm³/mol. The van der Waals surface area contributed by atoms with Crippen LogP contribution < -0.4 is 4.90 Å². The SMILES string of the molecule is CCc1ccc2cccc(N(C)C)c2c1. The fraction of sp³-hybridized carbons (Fsp3) is 0.286. The zero-order valence-corrected chi connectivity index (χ0v) is 9.62. The topological polar surface area (TPSA) is 3.24 Å². The summed E-state index contributed by atoms with van der Waals surface area (Å²) in [7, 11) is 4.18. The van der Waals surface area contributed by atoms with Crippen LogP contribution in [0.4, 0.5) is 5.69 Å². The van der Waals surface area contributed by atoms with Crippen molar-refractivity contribution in [3.05, 3.63) is 42.0 Å². The van der Waals surface area contributed by atoms with Crippen LogP contribution in [0.3, 0.4) is 0 Å². The number of anilines is 1. The average Bonchev–Trinajstić information content (AvgIpc) is 2.27. The Morgan fingerprint density at radius 1 is 1.07 bits per heavy atom. The first kappa shape index (κ1) is 10.0. The average molecular weight is 199 g/mol. The van der Waals surface area contributed by atoms with Gasteiger partial charge in [0.15, 0.2) is 0 Å². The van der Waals surface area contributed by atoms with E-state index in [1.165, 1.54) is 22.0 Å². The van der Waals surface area contributed by atoms with Gasteiger partial charge in [-0.25, -0.2) is 0 Å². The second kappa shape index (κ2) is 3.93. The molecule has 0 amide bonds. The molecular weight excluding hydrogens is 182 g/mol. The summed E-state index contributed by atoms with van der Waals surface area (Å²) in [5.41, 5.74) is 2.69. The summed E-state index contributed by atoms with van der Waals surface area (Å²) in [5.74, 6) is 0. The van der Waals surface area contributed by atoms with Gasteiger partial charge in [0, 0.05) is 25.2 Å². The third-order valence-corrected chi connectivity index (χ3v) is 2.81. The normalized spacial score (nSPS) is 10.6. The van der Waals surface area contributed by atoms with Crippen molar-refractivity contribution in [3.63, 3.8) is 0 Å². The van der Waals surface area contributed by atoms with Crippen LogP contribution in [0.2, 0.25) is 0 Å². The summed E-state index contributed by atoms with van der Waals surface area (Å²) >= 11 is 0. The number of nitrogens with zero attached hydrogens (tertiary/aromatic N) is 1. The summed E-state index contributed by atoms with van der Waals surface area (Å²) in [4.78, 5) is 2.17. The Morgan fingerprint density at radius 2 is 1.87 bits per heavy atom. The molecule has 2 aromatic rings. The molecule has 1 nitrogen and oxygen atoms in total. The highest BCUT2D eigenvalue weighted by Crippen LogP contribution is 2.26. The zero-order chi connectivity index (χ0) is 10.8. The van der Waals surface area contributed by atoms with Gasteiger partial charge in [0.25, 0.3) is 0 Å². The van der Waals surface area contributed by atoms with Gasteiger partial charge in [0.2, 0.25) is 0 Å². The molecule has 78 valence electrons. The lowest BCUT2D eigenvalue weighted by molar-refractivity contribution is 1.13. The van der Waals surface area contributed by atoms with Crippen molar-refractivity contribution in [2.75, 3.05) is 19.0 Å². The van der Waals surface area contributed by atoms with Crippen LogP contribution in [0.5, 0.6) is 0 Å². The van der Waals surface area contributed by atoms with Gasteiger partial charge in [0.05, 0.1) is 0 Å². The molecule has 0 aromatic heterocycles. The van der Waals surface area contributed by atoms with E-state index in [4.69, 9.17) is 0 Å². The summed E-state index contributed by atoms with van der Waals surface area (Å²) in [6.07, 6.45) is 1.09. The van der Waals surface area contributed by atoms with E-state index in [2.05, 4.69) is 62.3 Å². The number of hydrogen-bond acceptors (Lipinski definition) is 1. The lowest BCUT2D eigenvalue weighted by atomic mass is 10.0. The summed E-state index contributed by atoms with van der Waals surface area (Å²) in [6.45, 7) is 2.19. The molecule has 0 aliphatic rings. The number of hydrogen-bond donors (Lipinski definition) is 0. The van der Waals surface area contributed by atoms with E-state index in [1.54, 1.807) is 0 Å². The molecule has 2 rings (SSSR count). The Bertz CT molecular complexity index is 472. The molecule has 0 fully saturated rings. The van der Waals surface area contributed by atoms with Crippen molar-refractivity contribution in [1.82, 2.24) is 0 Å². The lowest BCUT2D eigenvalue weighted by Crippen LogP contribution is -2.08. The minimum atomic E-state index is 1.09. The van der Waals surface area contributed by atoms with Gasteiger partial charge in [-0.15, -0.1) is 0 Å². The minimum absolute atomic E-state index is 1.09. The standard InChI is InChI=1S/C14H17N/c1-4-11-8-9-12-6-5-7-14(15(2)3)13(12)10-11/h5-10H,4H2,1-3H3. The Hall–Kier alpha value is -1.50. The molecule has 2 aromatic carbocycles. The van der Waals surface area contributed by atoms with Gasteiger partial charge in [0.1, 0.15) is 0 Å². The second-order valence-electron chi connectivity index (χ2n) is 4.08. The van der Waals surface area contributed by atoms with Gasteiger partial charge in [-0.1, -0.05) is 31.2 Å². The summed E-state index contributed by atoms with van der Waals surface area (Å²) < 4.78 is 0. The van der Waals surface area contributed by atoms with Crippen molar-refractivity contribution < 1.29 is 0 Å². The molecule has 0 saturated heterocycles. The van der Waals surface area contributed by atoms with E-state index in [0.717, 1.165) is 6.42 Å². The molecule has 1 heteroatoms. The highest BCUT2D eigenvalue weighted by molar-refractivity contribution is 5.94. The van der Waals surface area contributed by atoms with Crippen molar-refractivity contribution in [3.8, 4) is 0 Å². The van der Waals surface area contributed by atoms with Crippen molar-refractivity contribution >= 4 is 16.5 Å². The number of benzene rings is 2. The number of aryl methyl sites for hydroxylation is 1. The maximum atomic E-state index is 2.30. The van der Waals surface area contributed by atoms with Crippen molar-refractivity contribution in [1.29, 1.82) is 0 Å². The first-order valence-electron chi connectivity index (χ1n) is 5.41. The van der Waals surface area contributed by atoms with E-state index >= 15 is 0 Å². The van der Waals surface area contributed by atoms with E-state index in [-0.39, 0.29) is 0 Å². The van der Waals surface area contributed by atoms with E-state index in [1.807, 2.05) is 0 Å². The highest BCUT2D eigenvalue weighted by atomic mass is 15.1. The Morgan fingerprint density at radius 3 is 2.53 bits per heavy atom. The molecule has 0 unspecified atom stereocenters. The van der Waals surface area contributed by atoms with Crippen molar-refractivity contribution in [2.24, 2.45) is 0 Å². The molecule has 0 heterocycles. The minimum Gasteiger partial charge on any atom is -0.377 e. The van der Waals surface area contributed by atoms with E-state index in [9.17, 15) is 0 Å². The van der Waals surface area contributed by atoms with Crippen LogP contribution in [0.25, 0.3) is 10.8 Å². The predicted octanol–water partition coefficient (Wildman–Crippen LogP) is 3.47. The van der Waals surface area contributed by atoms with Gasteiger partial charge in [-0.05, 0) is 29.5 Å². The van der Waals surface area contributed by atoms with E-state index in [0.29, 0.717) is 0 Å². The molecule has 0 radical (unpaired) electrons. The first-order valence-corrected chi connectivity index (χ1v) is 5.41. The van der Waals surface area contributed by atoms with Crippen LogP contribution in [-0.4, -0.2) is 14.1 Å². The van der Waals surface area contributed by atoms with Crippen LogP contribution in [0.1, 0.15) is 12.5 Å². The Balaban J connectivity index is 2.70. The number of fused-ring (bicyclic) bond motifs is 1. The zero-order valence-electron chi connectivity index (χ0n) is 9.62. The Labute approximate surface area is 91.3 Å². The fourth-order valence-electron chi connectivity index (χ4n) is 1.91.